The third kappa shape index (κ3) is 6.93. The van der Waals surface area contributed by atoms with Crippen LogP contribution in [-0.4, -0.2) is 4.57 Å². The zero-order valence-corrected chi connectivity index (χ0v) is 39.5. The minimum atomic E-state index is 1.09. The van der Waals surface area contributed by atoms with Crippen molar-refractivity contribution < 1.29 is 0 Å². The van der Waals surface area contributed by atoms with Crippen molar-refractivity contribution in [3.8, 4) is 50.2 Å². The monoisotopic (exact) mass is 920 g/mol. The maximum absolute atomic E-state index is 2.46. The summed E-state index contributed by atoms with van der Waals surface area (Å²) in [6.45, 7) is 0. The van der Waals surface area contributed by atoms with Crippen molar-refractivity contribution in [2.24, 2.45) is 0 Å². The summed E-state index contributed by atoms with van der Waals surface area (Å²) in [5, 5.41) is 10.00. The lowest BCUT2D eigenvalue weighted by atomic mass is 9.97. The molecule has 0 amide bonds. The van der Waals surface area contributed by atoms with E-state index < -0.39 is 0 Å². The average molecular weight is 921 g/mol. The number of nitrogens with zero attached hydrogens (tertiary/aromatic N) is 2. The molecule has 0 radical (unpaired) electrons. The van der Waals surface area contributed by atoms with Gasteiger partial charge in [0.2, 0.25) is 0 Å². The SMILES string of the molecule is c1ccc(-c2ccc(N(c3ccc(-c4ccc(-c5ccc6ccccc6c5)cc4)cc3)c3ccc(-c4cccc5c4c4ccccc4n5-c4cccc5ccccc45)cc3)c3c2sc2ccccc23)cc1. The first-order valence-electron chi connectivity index (χ1n) is 24.3. The highest BCUT2D eigenvalue weighted by Gasteiger charge is 2.23. The molecule has 3 heteroatoms. The highest BCUT2D eigenvalue weighted by molar-refractivity contribution is 7.26. The van der Waals surface area contributed by atoms with Gasteiger partial charge in [-0.1, -0.05) is 206 Å². The second kappa shape index (κ2) is 16.9. The molecule has 0 aliphatic rings. The van der Waals surface area contributed by atoms with Crippen LogP contribution in [0.2, 0.25) is 0 Å². The normalized spacial score (nSPS) is 11.7. The minimum Gasteiger partial charge on any atom is -0.310 e. The first-order chi connectivity index (χ1) is 35.2. The van der Waals surface area contributed by atoms with Gasteiger partial charge in [-0.05, 0) is 121 Å². The molecule has 0 saturated carbocycles. The van der Waals surface area contributed by atoms with E-state index in [2.05, 4.69) is 276 Å². The van der Waals surface area contributed by atoms with Crippen LogP contribution < -0.4 is 4.90 Å². The molecule has 0 bridgehead atoms. The summed E-state index contributed by atoms with van der Waals surface area (Å²) in [6, 6.07) is 97.9. The van der Waals surface area contributed by atoms with E-state index in [9.17, 15) is 0 Å². The number of aromatic nitrogens is 1. The number of thiophene rings is 1. The van der Waals surface area contributed by atoms with Gasteiger partial charge in [0.1, 0.15) is 0 Å². The van der Waals surface area contributed by atoms with Gasteiger partial charge in [-0.2, -0.15) is 0 Å². The molecule has 0 saturated heterocycles. The van der Waals surface area contributed by atoms with Gasteiger partial charge in [0.25, 0.3) is 0 Å². The van der Waals surface area contributed by atoms with Crippen LogP contribution >= 0.6 is 11.3 Å². The molecule has 0 atom stereocenters. The lowest BCUT2D eigenvalue weighted by Crippen LogP contribution is -2.10. The third-order valence-corrected chi connectivity index (χ3v) is 15.6. The Hall–Kier alpha value is -9.02. The van der Waals surface area contributed by atoms with Gasteiger partial charge >= 0.3 is 0 Å². The van der Waals surface area contributed by atoms with E-state index in [1.807, 2.05) is 11.3 Å². The lowest BCUT2D eigenvalue weighted by molar-refractivity contribution is 1.20. The number of hydrogen-bond acceptors (Lipinski definition) is 2. The molecular formula is C68H44N2S. The summed E-state index contributed by atoms with van der Waals surface area (Å²) in [5.41, 5.74) is 16.6. The minimum absolute atomic E-state index is 1.09. The summed E-state index contributed by atoms with van der Waals surface area (Å²) in [6.07, 6.45) is 0. The van der Waals surface area contributed by atoms with E-state index >= 15 is 0 Å². The molecule has 2 nitrogen and oxygen atoms in total. The Morgan fingerprint density at radius 3 is 1.63 bits per heavy atom. The fraction of sp³-hybridized carbons (Fsp3) is 0. The van der Waals surface area contributed by atoms with Crippen molar-refractivity contribution in [3.05, 3.63) is 267 Å². The summed E-state index contributed by atoms with van der Waals surface area (Å²) in [5.74, 6) is 0. The van der Waals surface area contributed by atoms with Crippen LogP contribution in [0.4, 0.5) is 17.1 Å². The van der Waals surface area contributed by atoms with Crippen molar-refractivity contribution in [1.29, 1.82) is 0 Å². The van der Waals surface area contributed by atoms with E-state index in [-0.39, 0.29) is 0 Å². The van der Waals surface area contributed by atoms with Gasteiger partial charge in [-0.3, -0.25) is 0 Å². The van der Waals surface area contributed by atoms with Crippen LogP contribution in [0, 0.1) is 0 Å². The van der Waals surface area contributed by atoms with Crippen LogP contribution in [0.15, 0.2) is 267 Å². The average Bonchev–Trinajstić information content (AvgIpc) is 4.01. The summed E-state index contributed by atoms with van der Waals surface area (Å²) in [4.78, 5) is 2.46. The molecule has 332 valence electrons. The van der Waals surface area contributed by atoms with Crippen molar-refractivity contribution in [2.45, 2.75) is 0 Å². The summed E-state index contributed by atoms with van der Waals surface area (Å²) < 4.78 is 5.01. The fourth-order valence-electron chi connectivity index (χ4n) is 11.0. The Morgan fingerprint density at radius 1 is 0.310 bits per heavy atom. The second-order valence-electron chi connectivity index (χ2n) is 18.4. The number of fused-ring (bicyclic) bond motifs is 8. The second-order valence-corrected chi connectivity index (χ2v) is 19.5. The van der Waals surface area contributed by atoms with Crippen molar-refractivity contribution in [3.63, 3.8) is 0 Å². The molecule has 0 fully saturated rings. The highest BCUT2D eigenvalue weighted by Crippen LogP contribution is 2.49. The first-order valence-corrected chi connectivity index (χ1v) is 25.1. The molecule has 0 aliphatic heterocycles. The highest BCUT2D eigenvalue weighted by atomic mass is 32.1. The van der Waals surface area contributed by atoms with Gasteiger partial charge in [0, 0.05) is 47.7 Å². The number of anilines is 3. The fourth-order valence-corrected chi connectivity index (χ4v) is 12.3. The van der Waals surface area contributed by atoms with Gasteiger partial charge in [-0.25, -0.2) is 0 Å². The Bertz CT molecular complexity index is 4310. The van der Waals surface area contributed by atoms with Crippen LogP contribution in [0.25, 0.3) is 114 Å². The molecule has 2 aromatic heterocycles. The van der Waals surface area contributed by atoms with Crippen molar-refractivity contribution >= 4 is 91.9 Å². The molecule has 2 heterocycles. The Kier molecular flexibility index (Phi) is 9.75. The predicted molar refractivity (Wildman–Crippen MR) is 305 cm³/mol. The molecule has 0 aliphatic carbocycles. The quantitative estimate of drug-likeness (QED) is 0.147. The van der Waals surface area contributed by atoms with Crippen LogP contribution in [0.1, 0.15) is 0 Å². The maximum Gasteiger partial charge on any atom is 0.0555 e. The van der Waals surface area contributed by atoms with Gasteiger partial charge in [-0.15, -0.1) is 11.3 Å². The number of para-hydroxylation sites is 1. The number of hydrogen-bond donors (Lipinski definition) is 0. The molecule has 14 rings (SSSR count). The topological polar surface area (TPSA) is 8.17 Å². The molecule has 71 heavy (non-hydrogen) atoms. The van der Waals surface area contributed by atoms with Crippen LogP contribution in [0.5, 0.6) is 0 Å². The summed E-state index contributed by atoms with van der Waals surface area (Å²) in [7, 11) is 0. The maximum atomic E-state index is 2.46. The predicted octanol–water partition coefficient (Wildman–Crippen LogP) is 19.6. The Labute approximate surface area is 416 Å². The molecule has 0 spiro atoms. The Balaban J connectivity index is 0.903. The smallest absolute Gasteiger partial charge is 0.0555 e. The molecule has 0 N–H and O–H groups in total. The Morgan fingerprint density at radius 2 is 0.859 bits per heavy atom. The zero-order chi connectivity index (χ0) is 46.8. The summed E-state index contributed by atoms with van der Waals surface area (Å²) >= 11 is 1.88. The van der Waals surface area contributed by atoms with Gasteiger partial charge in [0.05, 0.1) is 22.4 Å². The van der Waals surface area contributed by atoms with Crippen molar-refractivity contribution in [1.82, 2.24) is 4.57 Å². The van der Waals surface area contributed by atoms with Crippen LogP contribution in [-0.2, 0) is 0 Å². The number of rotatable bonds is 8. The number of benzene rings is 12. The molecule has 12 aromatic carbocycles. The van der Waals surface area contributed by atoms with Crippen molar-refractivity contribution in [2.75, 3.05) is 4.90 Å². The molecule has 0 unspecified atom stereocenters. The standard InChI is InChI=1S/C68H44N2S/c1-2-15-50(16-3-1)58-42-43-64(67-60-22-9-11-27-65(60)71-68(58)67)69(54-38-34-47(35-39-54)46-28-30-48(31-29-46)53-33-32-45-14-4-5-18-52(45)44-53)55-40-36-51(37-41-55)57-23-13-26-63-66(57)59-21-8-10-24-62(59)70(63)61-25-12-19-49-17-6-7-20-56(49)61/h1-44H. The van der Waals surface area contributed by atoms with Gasteiger partial charge < -0.3 is 9.47 Å². The third-order valence-electron chi connectivity index (χ3n) is 14.4. The molecular weight excluding hydrogens is 877 g/mol. The zero-order valence-electron chi connectivity index (χ0n) is 38.7. The van der Waals surface area contributed by atoms with Crippen LogP contribution in [0.3, 0.4) is 0 Å². The van der Waals surface area contributed by atoms with Gasteiger partial charge in [0.15, 0.2) is 0 Å². The van der Waals surface area contributed by atoms with E-state index in [0.29, 0.717) is 0 Å². The van der Waals surface area contributed by atoms with E-state index in [4.69, 9.17) is 0 Å². The largest absolute Gasteiger partial charge is 0.310 e. The van der Waals surface area contributed by atoms with E-state index in [1.165, 1.54) is 114 Å². The first kappa shape index (κ1) is 41.0. The van der Waals surface area contributed by atoms with E-state index in [1.54, 1.807) is 0 Å². The lowest BCUT2D eigenvalue weighted by Gasteiger charge is -2.27. The molecule has 14 aromatic rings. The van der Waals surface area contributed by atoms with E-state index in [0.717, 1.165) is 17.1 Å².